The molecule has 2 aromatic carbocycles. The minimum absolute atomic E-state index is 0.100. The number of nitrogens with zero attached hydrogens (tertiary/aromatic N) is 2. The minimum Gasteiger partial charge on any atom is -0.302 e. The van der Waals surface area contributed by atoms with Gasteiger partial charge in [0.05, 0.1) is 4.91 Å². The molecule has 33 heavy (non-hydrogen) atoms. The van der Waals surface area contributed by atoms with Crippen molar-refractivity contribution in [2.75, 3.05) is 11.9 Å². The number of hydrogen-bond acceptors (Lipinski definition) is 6. The third-order valence-corrected chi connectivity index (χ3v) is 7.35. The first kappa shape index (κ1) is 23.4. The molecular formula is C25H23N3O2S3. The van der Waals surface area contributed by atoms with E-state index in [9.17, 15) is 9.59 Å². The highest BCUT2D eigenvalue weighted by Gasteiger charge is 2.31. The fraction of sp³-hybridized carbons (Fsp3) is 0.200. The molecule has 0 atom stereocenters. The standard InChI is InChI=1S/C25H23N3O2S3/c1-17-9-11-19(12-10-17)15-21-23(30)28(25(31)33-21)13-5-8-22(29)27-24-26-16-20(32-24)14-18-6-3-2-4-7-18/h2-4,6-7,9-12,15-16H,5,8,13-14H2,1H3,(H,26,27,29)/b21-15+. The van der Waals surface area contributed by atoms with Crippen LogP contribution in [0.5, 0.6) is 0 Å². The first-order valence-corrected chi connectivity index (χ1v) is 12.6. The summed E-state index contributed by atoms with van der Waals surface area (Å²) in [6, 6.07) is 18.1. The summed E-state index contributed by atoms with van der Waals surface area (Å²) >= 11 is 8.17. The van der Waals surface area contributed by atoms with Crippen LogP contribution in [0.25, 0.3) is 6.08 Å². The summed E-state index contributed by atoms with van der Waals surface area (Å²) in [4.78, 5) is 32.7. The number of aromatic nitrogens is 1. The van der Waals surface area contributed by atoms with Crippen LogP contribution in [0.1, 0.15) is 34.4 Å². The van der Waals surface area contributed by atoms with Crippen molar-refractivity contribution in [3.63, 3.8) is 0 Å². The van der Waals surface area contributed by atoms with Crippen molar-refractivity contribution in [2.24, 2.45) is 0 Å². The normalized spacial score (nSPS) is 14.8. The Morgan fingerprint density at radius 1 is 1.15 bits per heavy atom. The number of carbonyl (C=O) groups excluding carboxylic acids is 2. The number of thiocarbonyl (C=S) groups is 1. The van der Waals surface area contributed by atoms with Crippen LogP contribution in [-0.4, -0.2) is 32.6 Å². The third-order valence-electron chi connectivity index (χ3n) is 5.06. The van der Waals surface area contributed by atoms with E-state index in [0.29, 0.717) is 33.7 Å². The molecule has 1 aliphatic rings. The number of anilines is 1. The number of benzene rings is 2. The fourth-order valence-corrected chi connectivity index (χ4v) is 5.50. The Morgan fingerprint density at radius 3 is 2.67 bits per heavy atom. The zero-order chi connectivity index (χ0) is 23.2. The highest BCUT2D eigenvalue weighted by Crippen LogP contribution is 2.32. The Labute approximate surface area is 206 Å². The van der Waals surface area contributed by atoms with Crippen LogP contribution in [0.4, 0.5) is 5.13 Å². The van der Waals surface area contributed by atoms with Crippen molar-refractivity contribution >= 4 is 62.7 Å². The Morgan fingerprint density at radius 2 is 1.91 bits per heavy atom. The minimum atomic E-state index is -0.115. The molecule has 0 spiro atoms. The van der Waals surface area contributed by atoms with Gasteiger partial charge in [0.2, 0.25) is 5.91 Å². The topological polar surface area (TPSA) is 62.3 Å². The molecule has 2 heterocycles. The van der Waals surface area contributed by atoms with Gasteiger partial charge in [0.25, 0.3) is 5.91 Å². The number of carbonyl (C=O) groups is 2. The van der Waals surface area contributed by atoms with Crippen molar-refractivity contribution in [1.82, 2.24) is 9.88 Å². The molecule has 1 saturated heterocycles. The number of nitrogens with one attached hydrogen (secondary N) is 1. The van der Waals surface area contributed by atoms with Crippen LogP contribution in [-0.2, 0) is 16.0 Å². The average molecular weight is 494 g/mol. The maximum Gasteiger partial charge on any atom is 0.266 e. The first-order valence-electron chi connectivity index (χ1n) is 10.6. The smallest absolute Gasteiger partial charge is 0.266 e. The van der Waals surface area contributed by atoms with E-state index in [2.05, 4.69) is 22.4 Å². The van der Waals surface area contributed by atoms with Gasteiger partial charge in [0.1, 0.15) is 4.32 Å². The summed E-state index contributed by atoms with van der Waals surface area (Å²) in [7, 11) is 0. The van der Waals surface area contributed by atoms with E-state index >= 15 is 0 Å². The zero-order valence-electron chi connectivity index (χ0n) is 18.1. The van der Waals surface area contributed by atoms with Crippen molar-refractivity contribution in [3.05, 3.63) is 87.3 Å². The zero-order valence-corrected chi connectivity index (χ0v) is 20.6. The van der Waals surface area contributed by atoms with E-state index < -0.39 is 0 Å². The summed E-state index contributed by atoms with van der Waals surface area (Å²) in [6.45, 7) is 2.44. The molecule has 1 fully saturated rings. The van der Waals surface area contributed by atoms with Gasteiger partial charge in [-0.05, 0) is 30.5 Å². The third kappa shape index (κ3) is 6.37. The van der Waals surface area contributed by atoms with Crippen molar-refractivity contribution in [1.29, 1.82) is 0 Å². The Kier molecular flexibility index (Phi) is 7.69. The molecule has 0 radical (unpaired) electrons. The summed E-state index contributed by atoms with van der Waals surface area (Å²) in [5.74, 6) is -0.215. The largest absolute Gasteiger partial charge is 0.302 e. The van der Waals surface area contributed by atoms with Crippen LogP contribution in [0, 0.1) is 6.92 Å². The van der Waals surface area contributed by atoms with Gasteiger partial charge in [-0.15, -0.1) is 11.3 Å². The Hall–Kier alpha value is -2.81. The number of aryl methyl sites for hydroxylation is 1. The molecule has 5 nitrogen and oxygen atoms in total. The molecule has 168 valence electrons. The van der Waals surface area contributed by atoms with Crippen LogP contribution >= 0.6 is 35.3 Å². The summed E-state index contributed by atoms with van der Waals surface area (Å²) in [5, 5.41) is 3.45. The molecule has 0 aliphatic carbocycles. The first-order chi connectivity index (χ1) is 16.0. The summed E-state index contributed by atoms with van der Waals surface area (Å²) in [5.41, 5.74) is 3.35. The van der Waals surface area contributed by atoms with Crippen LogP contribution in [0.2, 0.25) is 0 Å². The molecule has 0 unspecified atom stereocenters. The lowest BCUT2D eigenvalue weighted by Gasteiger charge is -2.13. The maximum absolute atomic E-state index is 12.7. The van der Waals surface area contributed by atoms with Crippen molar-refractivity contribution < 1.29 is 9.59 Å². The number of amides is 2. The average Bonchev–Trinajstić information content (AvgIpc) is 3.34. The highest BCUT2D eigenvalue weighted by molar-refractivity contribution is 8.26. The molecule has 1 aliphatic heterocycles. The lowest BCUT2D eigenvalue weighted by Crippen LogP contribution is -2.29. The van der Waals surface area contributed by atoms with Crippen molar-refractivity contribution in [3.8, 4) is 0 Å². The second kappa shape index (κ2) is 10.9. The Balaban J connectivity index is 1.25. The SMILES string of the molecule is Cc1ccc(/C=C2/SC(=S)N(CCCC(=O)Nc3ncc(Cc4ccccc4)s3)C2=O)cc1. The van der Waals surface area contributed by atoms with Crippen LogP contribution in [0.15, 0.2) is 65.7 Å². The molecule has 0 saturated carbocycles. The number of thiazole rings is 1. The van der Waals surface area contributed by atoms with Crippen LogP contribution < -0.4 is 5.32 Å². The van der Waals surface area contributed by atoms with E-state index in [4.69, 9.17) is 12.2 Å². The molecule has 0 bridgehead atoms. The second-order valence-electron chi connectivity index (χ2n) is 7.69. The quantitative estimate of drug-likeness (QED) is 0.324. The number of rotatable bonds is 8. The Bertz CT molecular complexity index is 1190. The van der Waals surface area contributed by atoms with E-state index in [1.165, 1.54) is 34.2 Å². The van der Waals surface area contributed by atoms with Gasteiger partial charge >= 0.3 is 0 Å². The predicted octanol–water partition coefficient (Wildman–Crippen LogP) is 5.66. The van der Waals surface area contributed by atoms with E-state index in [1.54, 1.807) is 11.1 Å². The van der Waals surface area contributed by atoms with Gasteiger partial charge in [-0.2, -0.15) is 0 Å². The van der Waals surface area contributed by atoms with Crippen molar-refractivity contribution in [2.45, 2.75) is 26.2 Å². The molecule has 1 N–H and O–H groups in total. The van der Waals surface area contributed by atoms with Crippen LogP contribution in [0.3, 0.4) is 0 Å². The van der Waals surface area contributed by atoms with Gasteiger partial charge in [0.15, 0.2) is 5.13 Å². The van der Waals surface area contributed by atoms with Gasteiger partial charge in [-0.25, -0.2) is 4.98 Å². The number of thioether (sulfide) groups is 1. The summed E-state index contributed by atoms with van der Waals surface area (Å²) < 4.78 is 0.532. The molecule has 8 heteroatoms. The predicted molar refractivity (Wildman–Crippen MR) is 140 cm³/mol. The van der Waals surface area contributed by atoms with E-state index in [-0.39, 0.29) is 11.8 Å². The van der Waals surface area contributed by atoms with Gasteiger partial charge in [-0.3, -0.25) is 14.5 Å². The van der Waals surface area contributed by atoms with Gasteiger partial charge < -0.3 is 5.32 Å². The number of hydrogen-bond donors (Lipinski definition) is 1. The molecule has 4 rings (SSSR count). The molecular weight excluding hydrogens is 470 g/mol. The van der Waals surface area contributed by atoms with Gasteiger partial charge in [-0.1, -0.05) is 84.1 Å². The monoisotopic (exact) mass is 493 g/mol. The van der Waals surface area contributed by atoms with Gasteiger partial charge in [0, 0.05) is 30.5 Å². The van der Waals surface area contributed by atoms with E-state index in [1.807, 2.05) is 55.5 Å². The molecule has 3 aromatic rings. The lowest BCUT2D eigenvalue weighted by atomic mass is 10.1. The maximum atomic E-state index is 12.7. The summed E-state index contributed by atoms with van der Waals surface area (Å²) in [6.07, 6.45) is 5.27. The highest BCUT2D eigenvalue weighted by atomic mass is 32.2. The molecule has 2 amide bonds. The fourth-order valence-electron chi connectivity index (χ4n) is 3.33. The second-order valence-corrected chi connectivity index (χ2v) is 10.5. The van der Waals surface area contributed by atoms with E-state index in [0.717, 1.165) is 16.9 Å². The molecule has 1 aromatic heterocycles. The lowest BCUT2D eigenvalue weighted by molar-refractivity contribution is -0.122.